The van der Waals surface area contributed by atoms with Crippen molar-refractivity contribution in [1.29, 1.82) is 0 Å². The Hall–Kier alpha value is -1.57. The van der Waals surface area contributed by atoms with Gasteiger partial charge < -0.3 is 10.0 Å². The number of carboxylic acid groups (broad SMARTS) is 1. The Bertz CT molecular complexity index is 437. The molecule has 0 saturated carbocycles. The van der Waals surface area contributed by atoms with Crippen LogP contribution >= 0.6 is 11.8 Å². The van der Waals surface area contributed by atoms with E-state index in [-0.39, 0.29) is 30.4 Å². The summed E-state index contributed by atoms with van der Waals surface area (Å²) in [6, 6.07) is -0.798. The maximum Gasteiger partial charge on any atom is 0.327 e. The molecule has 18 heavy (non-hydrogen) atoms. The molecule has 1 N–H and O–H groups in total. The van der Waals surface area contributed by atoms with Gasteiger partial charge in [-0.1, -0.05) is 0 Å². The van der Waals surface area contributed by atoms with E-state index in [0.29, 0.717) is 11.6 Å². The molecule has 7 nitrogen and oxygen atoms in total. The Kier molecular flexibility index (Phi) is 3.55. The fraction of sp³-hybridized carbons (Fsp3) is 0.600. The van der Waals surface area contributed by atoms with E-state index in [9.17, 15) is 14.4 Å². The largest absolute Gasteiger partial charge is 0.480 e. The van der Waals surface area contributed by atoms with Gasteiger partial charge in [0.2, 0.25) is 5.91 Å². The van der Waals surface area contributed by atoms with Gasteiger partial charge in [-0.3, -0.25) is 9.59 Å². The van der Waals surface area contributed by atoms with Crippen LogP contribution in [0.15, 0.2) is 5.10 Å². The minimum absolute atomic E-state index is 0.142. The molecule has 0 spiro atoms. The molecular formula is C10H13N3O4S. The van der Waals surface area contributed by atoms with E-state index in [1.807, 2.05) is 0 Å². The van der Waals surface area contributed by atoms with Crippen molar-refractivity contribution in [3.05, 3.63) is 0 Å². The van der Waals surface area contributed by atoms with Crippen molar-refractivity contribution in [2.24, 2.45) is 5.10 Å². The highest BCUT2D eigenvalue weighted by atomic mass is 32.2. The SMILES string of the molecule is CN1N=C(C(=O)N2CSC[C@H]2C(=O)O)CCC1=O. The van der Waals surface area contributed by atoms with Crippen LogP contribution in [0.3, 0.4) is 0 Å². The van der Waals surface area contributed by atoms with Gasteiger partial charge in [0.05, 0.1) is 5.88 Å². The van der Waals surface area contributed by atoms with E-state index in [0.717, 1.165) is 5.01 Å². The van der Waals surface area contributed by atoms with E-state index in [1.165, 1.54) is 23.7 Å². The summed E-state index contributed by atoms with van der Waals surface area (Å²) in [6.45, 7) is 0. The second kappa shape index (κ2) is 4.97. The zero-order valence-corrected chi connectivity index (χ0v) is 10.6. The number of thioether (sulfide) groups is 1. The molecule has 0 bridgehead atoms. The summed E-state index contributed by atoms with van der Waals surface area (Å²) in [5.74, 6) is -0.784. The van der Waals surface area contributed by atoms with E-state index in [1.54, 1.807) is 0 Å². The van der Waals surface area contributed by atoms with Crippen molar-refractivity contribution in [2.75, 3.05) is 18.7 Å². The molecule has 8 heteroatoms. The summed E-state index contributed by atoms with van der Waals surface area (Å²) in [5.41, 5.74) is 0.255. The number of hydrazone groups is 1. The Balaban J connectivity index is 2.14. The van der Waals surface area contributed by atoms with Crippen LogP contribution in [0.4, 0.5) is 0 Å². The number of amides is 2. The first-order valence-electron chi connectivity index (χ1n) is 5.46. The van der Waals surface area contributed by atoms with Crippen molar-refractivity contribution in [2.45, 2.75) is 18.9 Å². The average molecular weight is 271 g/mol. The summed E-state index contributed by atoms with van der Waals surface area (Å²) in [5, 5.41) is 14.1. The Morgan fingerprint density at radius 2 is 2.17 bits per heavy atom. The molecular weight excluding hydrogens is 258 g/mol. The highest BCUT2D eigenvalue weighted by molar-refractivity contribution is 7.99. The van der Waals surface area contributed by atoms with Crippen LogP contribution < -0.4 is 0 Å². The smallest absolute Gasteiger partial charge is 0.327 e. The topological polar surface area (TPSA) is 90.3 Å². The molecule has 1 fully saturated rings. The van der Waals surface area contributed by atoms with Crippen LogP contribution in [0.25, 0.3) is 0 Å². The van der Waals surface area contributed by atoms with Gasteiger partial charge in [-0.25, -0.2) is 9.80 Å². The first-order chi connectivity index (χ1) is 8.50. The lowest BCUT2D eigenvalue weighted by Crippen LogP contribution is -2.46. The summed E-state index contributed by atoms with van der Waals surface area (Å²) in [4.78, 5) is 35.7. The normalized spacial score (nSPS) is 24.2. The summed E-state index contributed by atoms with van der Waals surface area (Å²) >= 11 is 1.40. The molecule has 2 rings (SSSR count). The standard InChI is InChI=1S/C10H13N3O4S/c1-12-8(14)3-2-6(11-12)9(15)13-5-18-4-7(13)10(16)17/h7H,2-5H2,1H3,(H,16,17)/t7-/m0/s1. The molecule has 2 heterocycles. The molecule has 2 aliphatic rings. The molecule has 0 aromatic carbocycles. The van der Waals surface area contributed by atoms with E-state index in [4.69, 9.17) is 5.11 Å². The van der Waals surface area contributed by atoms with Crippen LogP contribution in [0.1, 0.15) is 12.8 Å². The van der Waals surface area contributed by atoms with Gasteiger partial charge in [-0.2, -0.15) is 5.10 Å². The van der Waals surface area contributed by atoms with Gasteiger partial charge >= 0.3 is 5.97 Å². The third-order valence-electron chi connectivity index (χ3n) is 2.88. The monoisotopic (exact) mass is 271 g/mol. The zero-order chi connectivity index (χ0) is 13.3. The van der Waals surface area contributed by atoms with Crippen LogP contribution in [-0.4, -0.2) is 63.2 Å². The van der Waals surface area contributed by atoms with Gasteiger partial charge in [0.15, 0.2) is 0 Å². The van der Waals surface area contributed by atoms with E-state index in [2.05, 4.69) is 5.10 Å². The number of nitrogens with zero attached hydrogens (tertiary/aromatic N) is 3. The van der Waals surface area contributed by atoms with Gasteiger partial charge in [-0.05, 0) is 0 Å². The third-order valence-corrected chi connectivity index (χ3v) is 3.89. The lowest BCUT2D eigenvalue weighted by molar-refractivity contribution is -0.145. The second-order valence-corrected chi connectivity index (χ2v) is 5.09. The molecule has 2 amide bonds. The average Bonchev–Trinajstić information content (AvgIpc) is 2.81. The molecule has 2 aliphatic heterocycles. The van der Waals surface area contributed by atoms with Crippen LogP contribution in [0.5, 0.6) is 0 Å². The fourth-order valence-corrected chi connectivity index (χ4v) is 2.98. The Labute approximate surface area is 108 Å². The summed E-state index contributed by atoms with van der Waals surface area (Å²) < 4.78 is 0. The summed E-state index contributed by atoms with van der Waals surface area (Å²) in [7, 11) is 1.49. The predicted octanol–water partition coefficient (Wildman–Crippen LogP) is -0.419. The molecule has 1 saturated heterocycles. The zero-order valence-electron chi connectivity index (χ0n) is 9.83. The maximum atomic E-state index is 12.1. The fourth-order valence-electron chi connectivity index (χ4n) is 1.84. The number of carboxylic acids is 1. The highest BCUT2D eigenvalue weighted by Crippen LogP contribution is 2.22. The van der Waals surface area contributed by atoms with Crippen LogP contribution in [-0.2, 0) is 14.4 Å². The predicted molar refractivity (Wildman–Crippen MR) is 65.0 cm³/mol. The maximum absolute atomic E-state index is 12.1. The molecule has 0 aliphatic carbocycles. The van der Waals surface area contributed by atoms with Gasteiger partial charge in [0.25, 0.3) is 5.91 Å². The lowest BCUT2D eigenvalue weighted by atomic mass is 10.1. The van der Waals surface area contributed by atoms with Crippen molar-refractivity contribution in [1.82, 2.24) is 9.91 Å². The van der Waals surface area contributed by atoms with Crippen LogP contribution in [0, 0.1) is 0 Å². The molecule has 0 radical (unpaired) electrons. The van der Waals surface area contributed by atoms with Crippen molar-refractivity contribution < 1.29 is 19.5 Å². The highest BCUT2D eigenvalue weighted by Gasteiger charge is 2.37. The number of carbonyl (C=O) groups excluding carboxylic acids is 2. The minimum atomic E-state index is -1.01. The van der Waals surface area contributed by atoms with Crippen molar-refractivity contribution in [3.63, 3.8) is 0 Å². The number of aliphatic carboxylic acids is 1. The number of hydrogen-bond acceptors (Lipinski definition) is 5. The van der Waals surface area contributed by atoms with Crippen LogP contribution in [0.2, 0.25) is 0 Å². The Morgan fingerprint density at radius 1 is 1.44 bits per heavy atom. The number of rotatable bonds is 2. The third kappa shape index (κ3) is 2.33. The Morgan fingerprint density at radius 3 is 2.78 bits per heavy atom. The molecule has 98 valence electrons. The molecule has 0 aromatic rings. The number of hydrogen-bond donors (Lipinski definition) is 1. The summed E-state index contributed by atoms with van der Waals surface area (Å²) in [6.07, 6.45) is 0.509. The van der Waals surface area contributed by atoms with Gasteiger partial charge in [0, 0.05) is 25.6 Å². The first kappa shape index (κ1) is 12.9. The number of carbonyl (C=O) groups is 3. The van der Waals surface area contributed by atoms with Gasteiger partial charge in [0.1, 0.15) is 11.8 Å². The van der Waals surface area contributed by atoms with Crippen molar-refractivity contribution in [3.8, 4) is 0 Å². The molecule has 1 atom stereocenters. The van der Waals surface area contributed by atoms with E-state index < -0.39 is 12.0 Å². The second-order valence-electron chi connectivity index (χ2n) is 4.09. The molecule has 0 aromatic heterocycles. The lowest BCUT2D eigenvalue weighted by Gasteiger charge is -2.24. The van der Waals surface area contributed by atoms with E-state index >= 15 is 0 Å². The quantitative estimate of drug-likeness (QED) is 0.736. The first-order valence-corrected chi connectivity index (χ1v) is 6.61. The minimum Gasteiger partial charge on any atom is -0.480 e. The van der Waals surface area contributed by atoms with Gasteiger partial charge in [-0.15, -0.1) is 11.8 Å². The molecule has 0 unspecified atom stereocenters. The van der Waals surface area contributed by atoms with Crippen molar-refractivity contribution >= 4 is 35.3 Å².